The van der Waals surface area contributed by atoms with Crippen LogP contribution in [0.15, 0.2) is 17.7 Å². The van der Waals surface area contributed by atoms with Crippen molar-refractivity contribution >= 4 is 28.5 Å². The van der Waals surface area contributed by atoms with E-state index in [0.717, 1.165) is 28.1 Å². The van der Waals surface area contributed by atoms with Crippen LogP contribution in [-0.2, 0) is 11.2 Å². The number of nitrogens with one attached hydrogen (secondary N) is 1. The number of nitrogens with zero attached hydrogens (tertiary/aromatic N) is 3. The van der Waals surface area contributed by atoms with E-state index in [-0.39, 0.29) is 5.57 Å². The highest BCUT2D eigenvalue weighted by Gasteiger charge is 2.13. The summed E-state index contributed by atoms with van der Waals surface area (Å²) in [5.41, 5.74) is 4.24. The lowest BCUT2D eigenvalue weighted by atomic mass is 9.99. The molecular weight excluding hydrogens is 308 g/mol. The predicted octanol–water partition coefficient (Wildman–Crippen LogP) is 3.57. The largest absolute Gasteiger partial charge is 0.296 e. The molecule has 23 heavy (non-hydrogen) atoms. The minimum atomic E-state index is -0.469. The molecule has 0 bridgehead atoms. The van der Waals surface area contributed by atoms with Gasteiger partial charge in [-0.2, -0.15) is 5.26 Å². The molecule has 0 aliphatic rings. The summed E-state index contributed by atoms with van der Waals surface area (Å²) < 4.78 is 0. The minimum Gasteiger partial charge on any atom is -0.296 e. The first-order valence-corrected chi connectivity index (χ1v) is 8.09. The molecule has 0 unspecified atom stereocenters. The maximum absolute atomic E-state index is 12.2. The lowest BCUT2D eigenvalue weighted by Gasteiger charge is -2.07. The number of benzene rings is 1. The summed E-state index contributed by atoms with van der Waals surface area (Å²) in [7, 11) is 0. The van der Waals surface area contributed by atoms with E-state index in [2.05, 4.69) is 15.5 Å². The molecule has 118 valence electrons. The second-order valence-electron chi connectivity index (χ2n) is 5.27. The standard InChI is InChI=1S/C17H18N4OS/c1-5-15-20-21-17(23-15)19-16(22)14(9-18)8-13-7-11(3)10(2)6-12(13)4/h6-8H,5H2,1-4H3,(H,19,21,22)/b14-8+. The van der Waals surface area contributed by atoms with E-state index in [9.17, 15) is 10.1 Å². The van der Waals surface area contributed by atoms with Gasteiger partial charge in [0, 0.05) is 0 Å². The molecule has 6 heteroatoms. The molecule has 1 aromatic heterocycles. The maximum Gasteiger partial charge on any atom is 0.268 e. The van der Waals surface area contributed by atoms with E-state index in [0.29, 0.717) is 5.13 Å². The Balaban J connectivity index is 2.26. The van der Waals surface area contributed by atoms with E-state index in [1.807, 2.05) is 45.9 Å². The Morgan fingerprint density at radius 2 is 1.96 bits per heavy atom. The SMILES string of the molecule is CCc1nnc(NC(=O)/C(C#N)=C/c2cc(C)c(C)cc2C)s1. The molecule has 0 saturated heterocycles. The normalized spacial score (nSPS) is 11.2. The quantitative estimate of drug-likeness (QED) is 0.688. The zero-order valence-corrected chi connectivity index (χ0v) is 14.4. The number of hydrogen-bond donors (Lipinski definition) is 1. The molecule has 0 fully saturated rings. The molecule has 0 aliphatic heterocycles. The monoisotopic (exact) mass is 326 g/mol. The topological polar surface area (TPSA) is 78.7 Å². The van der Waals surface area contributed by atoms with Gasteiger partial charge in [0.15, 0.2) is 0 Å². The summed E-state index contributed by atoms with van der Waals surface area (Å²) in [6, 6.07) is 5.99. The molecule has 5 nitrogen and oxygen atoms in total. The van der Waals surface area contributed by atoms with E-state index in [1.54, 1.807) is 6.08 Å². The first-order valence-electron chi connectivity index (χ1n) is 7.28. The lowest BCUT2D eigenvalue weighted by molar-refractivity contribution is -0.112. The number of carbonyl (C=O) groups excluding carboxylic acids is 1. The molecule has 0 spiro atoms. The molecule has 1 N–H and O–H groups in total. The van der Waals surface area contributed by atoms with Gasteiger partial charge < -0.3 is 0 Å². The van der Waals surface area contributed by atoms with Gasteiger partial charge >= 0.3 is 0 Å². The Morgan fingerprint density at radius 3 is 2.57 bits per heavy atom. The third kappa shape index (κ3) is 4.02. The third-order valence-electron chi connectivity index (χ3n) is 3.54. The molecule has 0 aliphatic carbocycles. The van der Waals surface area contributed by atoms with Gasteiger partial charge in [-0.15, -0.1) is 10.2 Å². The number of aryl methyl sites for hydroxylation is 4. The highest BCUT2D eigenvalue weighted by molar-refractivity contribution is 7.15. The van der Waals surface area contributed by atoms with E-state index >= 15 is 0 Å². The summed E-state index contributed by atoms with van der Waals surface area (Å²) >= 11 is 1.31. The maximum atomic E-state index is 12.2. The van der Waals surface area contributed by atoms with Gasteiger partial charge in [0.1, 0.15) is 16.6 Å². The predicted molar refractivity (Wildman–Crippen MR) is 92.2 cm³/mol. The fraction of sp³-hybridized carbons (Fsp3) is 0.294. The summed E-state index contributed by atoms with van der Waals surface area (Å²) in [5.74, 6) is -0.469. The summed E-state index contributed by atoms with van der Waals surface area (Å²) in [4.78, 5) is 12.2. The Morgan fingerprint density at radius 1 is 1.26 bits per heavy atom. The van der Waals surface area contributed by atoms with E-state index in [1.165, 1.54) is 16.9 Å². The lowest BCUT2D eigenvalue weighted by Crippen LogP contribution is -2.13. The number of hydrogen-bond acceptors (Lipinski definition) is 5. The van der Waals surface area contributed by atoms with Gasteiger partial charge in [0.05, 0.1) is 0 Å². The van der Waals surface area contributed by atoms with Crippen LogP contribution in [0.25, 0.3) is 6.08 Å². The van der Waals surface area contributed by atoms with Crippen LogP contribution in [0.1, 0.15) is 34.2 Å². The van der Waals surface area contributed by atoms with Crippen LogP contribution in [0, 0.1) is 32.1 Å². The average Bonchev–Trinajstić information content (AvgIpc) is 2.97. The van der Waals surface area contributed by atoms with Crippen LogP contribution in [0.4, 0.5) is 5.13 Å². The van der Waals surface area contributed by atoms with Crippen molar-refractivity contribution in [1.29, 1.82) is 5.26 Å². The molecule has 1 amide bonds. The van der Waals surface area contributed by atoms with Crippen molar-refractivity contribution in [3.63, 3.8) is 0 Å². The Hall–Kier alpha value is -2.52. The summed E-state index contributed by atoms with van der Waals surface area (Å²) in [5, 5.41) is 21.0. The average molecular weight is 326 g/mol. The Labute approximate surface area is 139 Å². The second kappa shape index (κ2) is 7.16. The first kappa shape index (κ1) is 16.8. The fourth-order valence-electron chi connectivity index (χ4n) is 2.05. The Kier molecular flexibility index (Phi) is 5.24. The summed E-state index contributed by atoms with van der Waals surface area (Å²) in [6.07, 6.45) is 2.37. The number of aromatic nitrogens is 2. The molecule has 2 rings (SSSR count). The summed E-state index contributed by atoms with van der Waals surface area (Å²) in [6.45, 7) is 7.97. The van der Waals surface area contributed by atoms with Crippen molar-refractivity contribution in [2.24, 2.45) is 0 Å². The number of amides is 1. The van der Waals surface area contributed by atoms with Crippen LogP contribution >= 0.6 is 11.3 Å². The van der Waals surface area contributed by atoms with Crippen molar-refractivity contribution in [3.05, 3.63) is 45.0 Å². The first-order chi connectivity index (χ1) is 10.9. The zero-order valence-electron chi connectivity index (χ0n) is 13.6. The van der Waals surface area contributed by atoms with E-state index in [4.69, 9.17) is 0 Å². The van der Waals surface area contributed by atoms with Crippen molar-refractivity contribution < 1.29 is 4.79 Å². The molecule has 0 atom stereocenters. The van der Waals surface area contributed by atoms with E-state index < -0.39 is 5.91 Å². The van der Waals surface area contributed by atoms with Crippen LogP contribution in [-0.4, -0.2) is 16.1 Å². The van der Waals surface area contributed by atoms with Crippen LogP contribution < -0.4 is 5.32 Å². The van der Waals surface area contributed by atoms with Gasteiger partial charge in [-0.25, -0.2) is 0 Å². The van der Waals surface area contributed by atoms with Gasteiger partial charge in [-0.1, -0.05) is 30.4 Å². The minimum absolute atomic E-state index is 0.0459. The highest BCUT2D eigenvalue weighted by Crippen LogP contribution is 2.20. The van der Waals surface area contributed by atoms with Gasteiger partial charge in [0.25, 0.3) is 5.91 Å². The molecule has 1 heterocycles. The third-order valence-corrected chi connectivity index (χ3v) is 4.52. The molecular formula is C17H18N4OS. The Bertz CT molecular complexity index is 814. The van der Waals surface area contributed by atoms with Crippen molar-refractivity contribution in [2.75, 3.05) is 5.32 Å². The van der Waals surface area contributed by atoms with Crippen LogP contribution in [0.2, 0.25) is 0 Å². The highest BCUT2D eigenvalue weighted by atomic mass is 32.1. The van der Waals surface area contributed by atoms with Crippen molar-refractivity contribution in [3.8, 4) is 6.07 Å². The smallest absolute Gasteiger partial charge is 0.268 e. The van der Waals surface area contributed by atoms with Gasteiger partial charge in [-0.05, 0) is 55.5 Å². The number of anilines is 1. The number of carbonyl (C=O) groups is 1. The fourth-order valence-corrected chi connectivity index (χ4v) is 2.73. The molecule has 0 saturated carbocycles. The number of rotatable bonds is 4. The van der Waals surface area contributed by atoms with Crippen molar-refractivity contribution in [1.82, 2.24) is 10.2 Å². The molecule has 1 aromatic carbocycles. The van der Waals surface area contributed by atoms with Crippen molar-refractivity contribution in [2.45, 2.75) is 34.1 Å². The molecule has 0 radical (unpaired) electrons. The zero-order chi connectivity index (χ0) is 17.0. The molecule has 2 aromatic rings. The van der Waals surface area contributed by atoms with Gasteiger partial charge in [0.2, 0.25) is 5.13 Å². The van der Waals surface area contributed by atoms with Gasteiger partial charge in [-0.3, -0.25) is 10.1 Å². The number of nitriles is 1. The second-order valence-corrected chi connectivity index (χ2v) is 6.33. The van der Waals surface area contributed by atoms with Crippen LogP contribution in [0.3, 0.4) is 0 Å². The van der Waals surface area contributed by atoms with Crippen LogP contribution in [0.5, 0.6) is 0 Å².